The van der Waals surface area contributed by atoms with Gasteiger partial charge in [0.25, 0.3) is 0 Å². The molecule has 0 bridgehead atoms. The van der Waals surface area contributed by atoms with Crippen LogP contribution >= 0.6 is 0 Å². The Hall–Kier alpha value is -2.30. The Morgan fingerprint density at radius 3 is 2.61 bits per heavy atom. The van der Waals surface area contributed by atoms with Gasteiger partial charge in [0.2, 0.25) is 11.8 Å². The molecule has 5 heteroatoms. The number of nitrogens with two attached hydrogens (primary N) is 1. The van der Waals surface area contributed by atoms with Crippen molar-refractivity contribution in [3.63, 3.8) is 0 Å². The number of carbonyl (C=O) groups excluding carboxylic acids is 2. The van der Waals surface area contributed by atoms with Crippen molar-refractivity contribution < 1.29 is 14.0 Å². The van der Waals surface area contributed by atoms with Gasteiger partial charge in [-0.1, -0.05) is 12.1 Å². The Labute approximate surface area is 135 Å². The summed E-state index contributed by atoms with van der Waals surface area (Å²) in [5.41, 5.74) is 9.41. The van der Waals surface area contributed by atoms with Crippen LogP contribution in [-0.2, 0) is 16.0 Å². The summed E-state index contributed by atoms with van der Waals surface area (Å²) >= 11 is 0. The van der Waals surface area contributed by atoms with E-state index in [1.165, 1.54) is 5.56 Å². The fourth-order valence-corrected chi connectivity index (χ4v) is 3.21. The summed E-state index contributed by atoms with van der Waals surface area (Å²) < 4.78 is 5.67. The van der Waals surface area contributed by atoms with E-state index in [0.717, 1.165) is 22.1 Å². The van der Waals surface area contributed by atoms with Crippen molar-refractivity contribution in [3.8, 4) is 0 Å². The zero-order valence-electron chi connectivity index (χ0n) is 13.6. The highest BCUT2D eigenvalue weighted by Crippen LogP contribution is 2.27. The zero-order valence-corrected chi connectivity index (χ0v) is 13.6. The second kappa shape index (κ2) is 6.07. The number of aryl methyl sites for hydroxylation is 2. The van der Waals surface area contributed by atoms with Gasteiger partial charge in [-0.05, 0) is 37.8 Å². The summed E-state index contributed by atoms with van der Waals surface area (Å²) in [6.07, 6.45) is 3.33. The maximum absolute atomic E-state index is 12.5. The number of benzene rings is 1. The van der Waals surface area contributed by atoms with Crippen LogP contribution in [-0.4, -0.2) is 29.8 Å². The molecule has 2 aromatic rings. The predicted molar refractivity (Wildman–Crippen MR) is 87.9 cm³/mol. The molecule has 2 amide bonds. The number of carbonyl (C=O) groups is 2. The quantitative estimate of drug-likeness (QED) is 0.944. The molecule has 2 heterocycles. The number of amides is 2. The molecule has 3 rings (SSSR count). The van der Waals surface area contributed by atoms with Crippen LogP contribution in [0.1, 0.15) is 29.5 Å². The molecule has 0 radical (unpaired) electrons. The maximum Gasteiger partial charge on any atom is 0.227 e. The Balaban J connectivity index is 1.72. The number of piperidine rings is 1. The molecular formula is C18H22N2O3. The van der Waals surface area contributed by atoms with Crippen LogP contribution in [0.2, 0.25) is 0 Å². The summed E-state index contributed by atoms with van der Waals surface area (Å²) in [4.78, 5) is 25.5. The van der Waals surface area contributed by atoms with Crippen LogP contribution in [0, 0.1) is 19.8 Å². The lowest BCUT2D eigenvalue weighted by Crippen LogP contribution is -2.42. The van der Waals surface area contributed by atoms with Gasteiger partial charge in [-0.25, -0.2) is 0 Å². The third-order valence-electron chi connectivity index (χ3n) is 4.93. The predicted octanol–water partition coefficient (Wildman–Crippen LogP) is 2.32. The van der Waals surface area contributed by atoms with Crippen molar-refractivity contribution in [1.82, 2.24) is 4.90 Å². The SMILES string of the molecule is Cc1ccc2c(CC(=O)N3CCC(C(N)=O)CC3)coc2c1C. The van der Waals surface area contributed by atoms with Gasteiger partial charge >= 0.3 is 0 Å². The lowest BCUT2D eigenvalue weighted by Gasteiger charge is -2.30. The normalized spacial score (nSPS) is 16.0. The molecule has 1 saturated heterocycles. The van der Waals surface area contributed by atoms with Crippen molar-refractivity contribution in [2.45, 2.75) is 33.1 Å². The van der Waals surface area contributed by atoms with Gasteiger partial charge in [0.15, 0.2) is 0 Å². The van der Waals surface area contributed by atoms with E-state index in [0.29, 0.717) is 32.4 Å². The fraction of sp³-hybridized carbons (Fsp3) is 0.444. The van der Waals surface area contributed by atoms with Gasteiger partial charge in [0.05, 0.1) is 12.7 Å². The van der Waals surface area contributed by atoms with Gasteiger partial charge in [0.1, 0.15) is 5.58 Å². The molecule has 2 N–H and O–H groups in total. The van der Waals surface area contributed by atoms with E-state index in [9.17, 15) is 9.59 Å². The highest BCUT2D eigenvalue weighted by atomic mass is 16.3. The molecule has 1 aromatic heterocycles. The Morgan fingerprint density at radius 2 is 1.96 bits per heavy atom. The average Bonchev–Trinajstić information content (AvgIpc) is 2.94. The second-order valence-corrected chi connectivity index (χ2v) is 6.38. The van der Waals surface area contributed by atoms with E-state index >= 15 is 0 Å². The smallest absolute Gasteiger partial charge is 0.227 e. The molecule has 1 aliphatic rings. The summed E-state index contributed by atoms with van der Waals surface area (Å²) in [5, 5.41) is 1.01. The van der Waals surface area contributed by atoms with Gasteiger partial charge in [0, 0.05) is 30.0 Å². The largest absolute Gasteiger partial charge is 0.464 e. The second-order valence-electron chi connectivity index (χ2n) is 6.38. The monoisotopic (exact) mass is 314 g/mol. The minimum absolute atomic E-state index is 0.0776. The molecule has 122 valence electrons. The number of hydrogen-bond donors (Lipinski definition) is 1. The summed E-state index contributed by atoms with van der Waals surface area (Å²) in [6, 6.07) is 4.07. The lowest BCUT2D eigenvalue weighted by molar-refractivity contribution is -0.134. The van der Waals surface area contributed by atoms with E-state index in [2.05, 4.69) is 6.07 Å². The van der Waals surface area contributed by atoms with Crippen LogP contribution in [0.5, 0.6) is 0 Å². The molecule has 1 fully saturated rings. The highest BCUT2D eigenvalue weighted by Gasteiger charge is 2.26. The first-order valence-electron chi connectivity index (χ1n) is 8.00. The molecule has 1 aliphatic heterocycles. The van der Waals surface area contributed by atoms with E-state index in [1.807, 2.05) is 24.8 Å². The molecule has 0 spiro atoms. The van der Waals surface area contributed by atoms with E-state index in [4.69, 9.17) is 10.2 Å². The third kappa shape index (κ3) is 2.96. The van der Waals surface area contributed by atoms with Gasteiger partial charge in [-0.3, -0.25) is 9.59 Å². The van der Waals surface area contributed by atoms with Gasteiger partial charge in [-0.2, -0.15) is 0 Å². The highest BCUT2D eigenvalue weighted by molar-refractivity contribution is 5.89. The molecule has 23 heavy (non-hydrogen) atoms. The first kappa shape index (κ1) is 15.6. The Kier molecular flexibility index (Phi) is 4.11. The van der Waals surface area contributed by atoms with Crippen LogP contribution in [0.15, 0.2) is 22.8 Å². The third-order valence-corrected chi connectivity index (χ3v) is 4.93. The fourth-order valence-electron chi connectivity index (χ4n) is 3.21. The number of rotatable bonds is 3. The first-order valence-corrected chi connectivity index (χ1v) is 8.00. The number of likely N-dealkylation sites (tertiary alicyclic amines) is 1. The maximum atomic E-state index is 12.5. The molecular weight excluding hydrogens is 292 g/mol. The van der Waals surface area contributed by atoms with Crippen molar-refractivity contribution in [3.05, 3.63) is 35.1 Å². The Morgan fingerprint density at radius 1 is 1.26 bits per heavy atom. The number of hydrogen-bond acceptors (Lipinski definition) is 3. The van der Waals surface area contributed by atoms with Crippen LogP contribution in [0.4, 0.5) is 0 Å². The number of furan rings is 1. The molecule has 1 aromatic carbocycles. The minimum Gasteiger partial charge on any atom is -0.464 e. The summed E-state index contributed by atoms with van der Waals surface area (Å²) in [7, 11) is 0. The van der Waals surface area contributed by atoms with Crippen molar-refractivity contribution in [2.75, 3.05) is 13.1 Å². The molecule has 0 unspecified atom stereocenters. The van der Waals surface area contributed by atoms with Gasteiger partial charge in [-0.15, -0.1) is 0 Å². The number of fused-ring (bicyclic) bond motifs is 1. The summed E-state index contributed by atoms with van der Waals surface area (Å²) in [6.45, 7) is 5.27. The minimum atomic E-state index is -0.260. The van der Waals surface area contributed by atoms with Crippen LogP contribution in [0.3, 0.4) is 0 Å². The molecule has 0 aliphatic carbocycles. The van der Waals surface area contributed by atoms with Crippen LogP contribution in [0.25, 0.3) is 11.0 Å². The number of primary amides is 1. The van der Waals surface area contributed by atoms with Crippen molar-refractivity contribution in [1.29, 1.82) is 0 Å². The Bertz CT molecular complexity index is 755. The van der Waals surface area contributed by atoms with Crippen LogP contribution < -0.4 is 5.73 Å². The van der Waals surface area contributed by atoms with Crippen molar-refractivity contribution in [2.24, 2.45) is 11.7 Å². The molecule has 5 nitrogen and oxygen atoms in total. The lowest BCUT2D eigenvalue weighted by atomic mass is 9.96. The zero-order chi connectivity index (χ0) is 16.6. The molecule has 0 saturated carbocycles. The molecule has 0 atom stereocenters. The summed E-state index contributed by atoms with van der Waals surface area (Å²) in [5.74, 6) is -0.281. The van der Waals surface area contributed by atoms with Gasteiger partial charge < -0.3 is 15.1 Å². The average molecular weight is 314 g/mol. The van der Waals surface area contributed by atoms with E-state index in [-0.39, 0.29) is 17.7 Å². The first-order chi connectivity index (χ1) is 11.0. The standard InChI is InChI=1S/C18H22N2O3/c1-11-3-4-15-14(10-23-17(15)12(11)2)9-16(21)20-7-5-13(6-8-20)18(19)22/h3-4,10,13H,5-9H2,1-2H3,(H2,19,22). The van der Waals surface area contributed by atoms with Crippen molar-refractivity contribution >= 4 is 22.8 Å². The van der Waals surface area contributed by atoms with E-state index in [1.54, 1.807) is 6.26 Å². The number of nitrogens with zero attached hydrogens (tertiary/aromatic N) is 1. The topological polar surface area (TPSA) is 76.5 Å². The van der Waals surface area contributed by atoms with E-state index < -0.39 is 0 Å².